The van der Waals surface area contributed by atoms with Crippen molar-refractivity contribution in [3.8, 4) is 17.2 Å². The molecule has 1 fully saturated rings. The Hall–Kier alpha value is -5.55. The number of carboxylic acids is 2. The van der Waals surface area contributed by atoms with Crippen LogP contribution in [0.25, 0.3) is 6.08 Å². The first-order valence-electron chi connectivity index (χ1n) is 13.6. The highest BCUT2D eigenvalue weighted by molar-refractivity contribution is 8.18. The highest BCUT2D eigenvalue weighted by atomic mass is 32.2. The molecule has 4 aromatic rings. The van der Waals surface area contributed by atoms with Crippen LogP contribution in [-0.2, 0) is 17.9 Å². The maximum Gasteiger partial charge on any atom is 0.335 e. The second kappa shape index (κ2) is 13.8. The molecule has 1 saturated heterocycles. The molecule has 1 aliphatic rings. The largest absolute Gasteiger partial charge is 0.497 e. The lowest BCUT2D eigenvalue weighted by Gasteiger charge is -2.16. The zero-order chi connectivity index (χ0) is 31.9. The standard InChI is InChI=1S/C34H28N2O8S/c1-42-27-13-11-26(12-14-27)35-34-36(19-21-6-9-24(10-7-21)32(38)39)31(37)30(45-34)18-22-8-15-28(29(17-22)43-2)44-20-23-4-3-5-25(16-23)33(40)41/h3-18H,19-20H2,1-2H3,(H,38,39)(H,40,41)/b30-18-,35-34?. The van der Waals surface area contributed by atoms with Gasteiger partial charge >= 0.3 is 11.9 Å². The van der Waals surface area contributed by atoms with Crippen molar-refractivity contribution in [2.45, 2.75) is 13.2 Å². The Morgan fingerprint density at radius 3 is 2.22 bits per heavy atom. The maximum atomic E-state index is 13.7. The van der Waals surface area contributed by atoms with Crippen molar-refractivity contribution in [1.82, 2.24) is 4.90 Å². The molecule has 228 valence electrons. The van der Waals surface area contributed by atoms with Crippen LogP contribution in [0.2, 0.25) is 0 Å². The molecular weight excluding hydrogens is 596 g/mol. The summed E-state index contributed by atoms with van der Waals surface area (Å²) in [5.74, 6) is -0.721. The van der Waals surface area contributed by atoms with Gasteiger partial charge in [0, 0.05) is 0 Å². The van der Waals surface area contributed by atoms with E-state index in [2.05, 4.69) is 0 Å². The van der Waals surface area contributed by atoms with Gasteiger partial charge in [0.05, 0.1) is 42.5 Å². The third-order valence-corrected chi connectivity index (χ3v) is 7.79. The fourth-order valence-corrected chi connectivity index (χ4v) is 5.43. The van der Waals surface area contributed by atoms with Gasteiger partial charge in [0.2, 0.25) is 0 Å². The molecule has 0 spiro atoms. The third-order valence-electron chi connectivity index (χ3n) is 6.78. The number of carbonyl (C=O) groups excluding carboxylic acids is 1. The second-order valence-electron chi connectivity index (χ2n) is 9.80. The van der Waals surface area contributed by atoms with Crippen molar-refractivity contribution in [3.05, 3.63) is 124 Å². The minimum Gasteiger partial charge on any atom is -0.497 e. The summed E-state index contributed by atoms with van der Waals surface area (Å²) in [5, 5.41) is 19.0. The van der Waals surface area contributed by atoms with E-state index in [0.29, 0.717) is 44.1 Å². The number of thioether (sulfide) groups is 1. The van der Waals surface area contributed by atoms with Crippen molar-refractivity contribution in [2.75, 3.05) is 14.2 Å². The molecule has 11 heteroatoms. The maximum absolute atomic E-state index is 13.7. The Morgan fingerprint density at radius 2 is 1.56 bits per heavy atom. The van der Waals surface area contributed by atoms with Gasteiger partial charge in [-0.25, -0.2) is 14.6 Å². The minimum absolute atomic E-state index is 0.139. The van der Waals surface area contributed by atoms with E-state index in [1.165, 1.54) is 37.1 Å². The molecule has 5 rings (SSSR count). The molecule has 1 amide bonds. The van der Waals surface area contributed by atoms with E-state index in [9.17, 15) is 24.6 Å². The number of aliphatic imine (C=N–C) groups is 1. The van der Waals surface area contributed by atoms with E-state index in [-0.39, 0.29) is 30.2 Å². The number of methoxy groups -OCH3 is 2. The zero-order valence-corrected chi connectivity index (χ0v) is 25.1. The van der Waals surface area contributed by atoms with Crippen LogP contribution in [0, 0.1) is 0 Å². The van der Waals surface area contributed by atoms with Gasteiger partial charge in [-0.2, -0.15) is 0 Å². The average Bonchev–Trinajstić information content (AvgIpc) is 3.33. The molecule has 0 radical (unpaired) electrons. The fraction of sp³-hybridized carbons (Fsp3) is 0.118. The smallest absolute Gasteiger partial charge is 0.335 e. The van der Waals surface area contributed by atoms with E-state index in [1.54, 1.807) is 90.9 Å². The predicted molar refractivity (Wildman–Crippen MR) is 170 cm³/mol. The Kier molecular flexibility index (Phi) is 9.49. The number of carbonyl (C=O) groups is 3. The summed E-state index contributed by atoms with van der Waals surface area (Å²) in [7, 11) is 3.09. The van der Waals surface area contributed by atoms with E-state index in [4.69, 9.17) is 19.2 Å². The van der Waals surface area contributed by atoms with Crippen molar-refractivity contribution < 1.29 is 38.8 Å². The summed E-state index contributed by atoms with van der Waals surface area (Å²) < 4.78 is 16.7. The van der Waals surface area contributed by atoms with Crippen LogP contribution in [0.1, 0.15) is 37.4 Å². The quantitative estimate of drug-likeness (QED) is 0.180. The summed E-state index contributed by atoms with van der Waals surface area (Å²) in [6, 6.07) is 25.3. The number of rotatable bonds is 11. The van der Waals surface area contributed by atoms with Gasteiger partial charge in [0.1, 0.15) is 12.4 Å². The first kappa shape index (κ1) is 30.9. The highest BCUT2D eigenvalue weighted by Gasteiger charge is 2.33. The molecule has 1 heterocycles. The van der Waals surface area contributed by atoms with Crippen molar-refractivity contribution in [3.63, 3.8) is 0 Å². The van der Waals surface area contributed by atoms with Gasteiger partial charge in [0.25, 0.3) is 5.91 Å². The molecule has 0 saturated carbocycles. The Labute approximate surface area is 263 Å². The average molecular weight is 625 g/mol. The SMILES string of the molecule is COc1ccc(N=C2S/C(=C\c3ccc(OCc4cccc(C(=O)O)c4)c(OC)c3)C(=O)N2Cc2ccc(C(=O)O)cc2)cc1. The number of aromatic carboxylic acids is 2. The summed E-state index contributed by atoms with van der Waals surface area (Å²) in [5.41, 5.74) is 3.09. The van der Waals surface area contributed by atoms with E-state index in [1.807, 2.05) is 0 Å². The zero-order valence-electron chi connectivity index (χ0n) is 24.3. The Morgan fingerprint density at radius 1 is 0.822 bits per heavy atom. The lowest BCUT2D eigenvalue weighted by Crippen LogP contribution is -2.28. The van der Waals surface area contributed by atoms with Crippen molar-refractivity contribution in [2.24, 2.45) is 4.99 Å². The molecule has 0 aliphatic carbocycles. The third kappa shape index (κ3) is 7.51. The summed E-state index contributed by atoms with van der Waals surface area (Å²) in [6.07, 6.45) is 1.74. The van der Waals surface area contributed by atoms with Gasteiger partial charge in [0.15, 0.2) is 16.7 Å². The van der Waals surface area contributed by atoms with Crippen LogP contribution in [0.15, 0.2) is 101 Å². The van der Waals surface area contributed by atoms with Gasteiger partial charge in [-0.05, 0) is 95.2 Å². The number of hydrogen-bond donors (Lipinski definition) is 2. The van der Waals surface area contributed by atoms with E-state index < -0.39 is 11.9 Å². The summed E-state index contributed by atoms with van der Waals surface area (Å²) in [4.78, 5) is 43.0. The van der Waals surface area contributed by atoms with Gasteiger partial charge in [-0.15, -0.1) is 0 Å². The molecule has 0 aromatic heterocycles. The lowest BCUT2D eigenvalue weighted by atomic mass is 10.1. The van der Waals surface area contributed by atoms with Gasteiger partial charge in [-0.3, -0.25) is 9.69 Å². The van der Waals surface area contributed by atoms with Crippen LogP contribution in [0.3, 0.4) is 0 Å². The minimum atomic E-state index is -1.03. The molecule has 45 heavy (non-hydrogen) atoms. The number of carboxylic acid groups (broad SMARTS) is 2. The number of amidine groups is 1. The molecule has 10 nitrogen and oxygen atoms in total. The second-order valence-corrected chi connectivity index (χ2v) is 10.8. The molecule has 1 aliphatic heterocycles. The Balaban J connectivity index is 1.40. The summed E-state index contributed by atoms with van der Waals surface area (Å²) >= 11 is 1.22. The van der Waals surface area contributed by atoms with Crippen LogP contribution in [0.5, 0.6) is 17.2 Å². The molecule has 0 unspecified atom stereocenters. The molecule has 0 atom stereocenters. The molecular formula is C34H28N2O8S. The van der Waals surface area contributed by atoms with Crippen LogP contribution < -0.4 is 14.2 Å². The van der Waals surface area contributed by atoms with Crippen molar-refractivity contribution >= 4 is 46.5 Å². The van der Waals surface area contributed by atoms with Crippen LogP contribution in [-0.4, -0.2) is 52.3 Å². The first-order chi connectivity index (χ1) is 21.7. The highest BCUT2D eigenvalue weighted by Crippen LogP contribution is 2.37. The monoisotopic (exact) mass is 624 g/mol. The number of benzene rings is 4. The number of nitrogens with zero attached hydrogens (tertiary/aromatic N) is 2. The van der Waals surface area contributed by atoms with Crippen LogP contribution >= 0.6 is 11.8 Å². The summed E-state index contributed by atoms with van der Waals surface area (Å²) in [6.45, 7) is 0.330. The first-order valence-corrected chi connectivity index (χ1v) is 14.4. The van der Waals surface area contributed by atoms with Crippen LogP contribution in [0.4, 0.5) is 5.69 Å². The molecule has 4 aromatic carbocycles. The molecule has 0 bridgehead atoms. The van der Waals surface area contributed by atoms with Crippen molar-refractivity contribution in [1.29, 1.82) is 0 Å². The Bertz CT molecular complexity index is 1800. The number of ether oxygens (including phenoxy) is 3. The normalized spacial score (nSPS) is 14.5. The number of amides is 1. The lowest BCUT2D eigenvalue weighted by molar-refractivity contribution is -0.122. The fourth-order valence-electron chi connectivity index (χ4n) is 4.43. The van der Waals surface area contributed by atoms with Gasteiger partial charge < -0.3 is 24.4 Å². The number of hydrogen-bond acceptors (Lipinski definition) is 8. The van der Waals surface area contributed by atoms with E-state index in [0.717, 1.165) is 5.56 Å². The van der Waals surface area contributed by atoms with E-state index >= 15 is 0 Å². The molecule has 2 N–H and O–H groups in total. The van der Waals surface area contributed by atoms with Gasteiger partial charge in [-0.1, -0.05) is 30.3 Å². The predicted octanol–water partition coefficient (Wildman–Crippen LogP) is 6.48. The topological polar surface area (TPSA) is 135 Å².